The molecule has 8 heteroatoms. The molecule has 8 nitrogen and oxygen atoms in total. The van der Waals surface area contributed by atoms with E-state index in [4.69, 9.17) is 10.6 Å². The molecule has 0 saturated carbocycles. The molecule has 0 unspecified atom stereocenters. The highest BCUT2D eigenvalue weighted by atomic mass is 16.3. The molecule has 1 rings (SSSR count). The molecule has 0 amide bonds. The third-order valence-corrected chi connectivity index (χ3v) is 1.28. The van der Waals surface area contributed by atoms with Gasteiger partial charge in [0.15, 0.2) is 0 Å². The highest BCUT2D eigenvalue weighted by Crippen LogP contribution is 2.09. The van der Waals surface area contributed by atoms with Crippen LogP contribution in [0.25, 0.3) is 10.4 Å². The second-order valence-electron chi connectivity index (χ2n) is 2.20. The van der Waals surface area contributed by atoms with Gasteiger partial charge < -0.3 is 10.4 Å². The average Bonchev–Trinajstić information content (AvgIpc) is 2.44. The van der Waals surface area contributed by atoms with Crippen molar-refractivity contribution in [2.24, 2.45) is 12.2 Å². The van der Waals surface area contributed by atoms with E-state index in [-0.39, 0.29) is 12.6 Å². The SMILES string of the molecule is Cn1nc(N=[N+]=[N-])nc1NCCO. The molecular formula is C5H9N7O. The van der Waals surface area contributed by atoms with E-state index in [1.807, 2.05) is 0 Å². The molecule has 0 atom stereocenters. The van der Waals surface area contributed by atoms with Crippen molar-refractivity contribution in [3.8, 4) is 0 Å². The molecule has 70 valence electrons. The van der Waals surface area contributed by atoms with Gasteiger partial charge in [-0.1, -0.05) is 0 Å². The number of nitrogens with zero attached hydrogens (tertiary/aromatic N) is 6. The number of hydrogen-bond acceptors (Lipinski definition) is 5. The average molecular weight is 183 g/mol. The molecule has 1 heterocycles. The molecule has 0 aromatic carbocycles. The Balaban J connectivity index is 2.77. The molecule has 0 bridgehead atoms. The summed E-state index contributed by atoms with van der Waals surface area (Å²) in [5.74, 6) is 0.516. The molecule has 0 aliphatic carbocycles. The smallest absolute Gasteiger partial charge is 0.239 e. The standard InChI is InChI=1S/C5H9N7O/c1-12-5(7-2-3-13)8-4(10-12)9-11-6/h13H,2-3H2,1H3,(H,7,8,10). The number of nitrogens with one attached hydrogen (secondary N) is 1. The molecule has 0 fully saturated rings. The second kappa shape index (κ2) is 4.29. The fourth-order valence-electron chi connectivity index (χ4n) is 0.775. The monoisotopic (exact) mass is 183 g/mol. The normalized spacial score (nSPS) is 9.38. The predicted molar refractivity (Wildman–Crippen MR) is 45.4 cm³/mol. The van der Waals surface area contributed by atoms with Crippen molar-refractivity contribution >= 4 is 11.9 Å². The summed E-state index contributed by atoms with van der Waals surface area (Å²) in [6.45, 7) is 0.381. The van der Waals surface area contributed by atoms with Crippen molar-refractivity contribution in [1.29, 1.82) is 0 Å². The van der Waals surface area contributed by atoms with Gasteiger partial charge in [0.2, 0.25) is 11.9 Å². The number of hydrogen-bond donors (Lipinski definition) is 2. The Morgan fingerprint density at radius 1 is 1.77 bits per heavy atom. The van der Waals surface area contributed by atoms with Crippen molar-refractivity contribution in [1.82, 2.24) is 14.8 Å². The molecule has 0 aliphatic heterocycles. The lowest BCUT2D eigenvalue weighted by molar-refractivity contribution is 0.310. The Kier molecular flexibility index (Phi) is 3.07. The van der Waals surface area contributed by atoms with E-state index in [0.717, 1.165) is 0 Å². The number of anilines is 1. The van der Waals surface area contributed by atoms with E-state index in [0.29, 0.717) is 12.5 Å². The summed E-state index contributed by atoms with van der Waals surface area (Å²) in [5, 5.41) is 18.3. The van der Waals surface area contributed by atoms with Crippen LogP contribution < -0.4 is 5.32 Å². The van der Waals surface area contributed by atoms with Crippen LogP contribution in [0, 0.1) is 0 Å². The number of aliphatic hydroxyl groups excluding tert-OH is 1. The van der Waals surface area contributed by atoms with Crippen LogP contribution in [0.3, 0.4) is 0 Å². The minimum atomic E-state index is 0.00368. The van der Waals surface area contributed by atoms with Crippen LogP contribution in [0.5, 0.6) is 0 Å². The van der Waals surface area contributed by atoms with E-state index >= 15 is 0 Å². The van der Waals surface area contributed by atoms with Gasteiger partial charge in [-0.15, -0.1) is 5.10 Å². The molecule has 0 radical (unpaired) electrons. The largest absolute Gasteiger partial charge is 0.395 e. The number of rotatable bonds is 4. The maximum absolute atomic E-state index is 8.53. The number of azide groups is 1. The molecule has 1 aromatic heterocycles. The predicted octanol–water partition coefficient (Wildman–Crippen LogP) is 0.161. The third-order valence-electron chi connectivity index (χ3n) is 1.28. The van der Waals surface area contributed by atoms with Gasteiger partial charge in [-0.3, -0.25) is 0 Å². The maximum atomic E-state index is 8.53. The summed E-state index contributed by atoms with van der Waals surface area (Å²) in [7, 11) is 1.66. The summed E-state index contributed by atoms with van der Waals surface area (Å²) >= 11 is 0. The van der Waals surface area contributed by atoms with Gasteiger partial charge in [0.05, 0.1) is 6.61 Å². The van der Waals surface area contributed by atoms with E-state index in [2.05, 4.69) is 25.4 Å². The van der Waals surface area contributed by atoms with Crippen LogP contribution in [0.1, 0.15) is 0 Å². The van der Waals surface area contributed by atoms with Crippen molar-refractivity contribution in [2.75, 3.05) is 18.5 Å². The van der Waals surface area contributed by atoms with Gasteiger partial charge in [0, 0.05) is 18.5 Å². The highest BCUT2D eigenvalue weighted by Gasteiger charge is 2.03. The summed E-state index contributed by atoms with van der Waals surface area (Å²) < 4.78 is 1.43. The first-order valence-corrected chi connectivity index (χ1v) is 3.59. The lowest BCUT2D eigenvalue weighted by atomic mass is 10.7. The van der Waals surface area contributed by atoms with Crippen LogP contribution in [0.2, 0.25) is 0 Å². The van der Waals surface area contributed by atoms with Crippen molar-refractivity contribution in [3.63, 3.8) is 0 Å². The van der Waals surface area contributed by atoms with Gasteiger partial charge in [0.1, 0.15) is 0 Å². The molecule has 2 N–H and O–H groups in total. The minimum absolute atomic E-state index is 0.00368. The zero-order valence-corrected chi connectivity index (χ0v) is 7.04. The Labute approximate surface area is 73.8 Å². The van der Waals surface area contributed by atoms with Crippen LogP contribution in [-0.2, 0) is 7.05 Å². The van der Waals surface area contributed by atoms with E-state index in [1.165, 1.54) is 4.68 Å². The fraction of sp³-hybridized carbons (Fsp3) is 0.600. The molecule has 1 aromatic rings. The number of aryl methyl sites for hydroxylation is 1. The molecule has 0 aliphatic rings. The van der Waals surface area contributed by atoms with E-state index in [9.17, 15) is 0 Å². The Hall–Kier alpha value is -1.79. The Morgan fingerprint density at radius 3 is 3.15 bits per heavy atom. The summed E-state index contributed by atoms with van der Waals surface area (Å²) in [6, 6.07) is 0. The fourth-order valence-corrected chi connectivity index (χ4v) is 0.775. The molecule has 0 saturated heterocycles. The zero-order valence-electron chi connectivity index (χ0n) is 7.04. The van der Waals surface area contributed by atoms with Crippen LogP contribution in [0.15, 0.2) is 5.11 Å². The van der Waals surface area contributed by atoms with E-state index < -0.39 is 0 Å². The van der Waals surface area contributed by atoms with E-state index in [1.54, 1.807) is 7.05 Å². The molecule has 13 heavy (non-hydrogen) atoms. The van der Waals surface area contributed by atoms with Crippen LogP contribution >= 0.6 is 0 Å². The molecular weight excluding hydrogens is 174 g/mol. The minimum Gasteiger partial charge on any atom is -0.395 e. The quantitative estimate of drug-likeness (QED) is 0.393. The number of aromatic nitrogens is 3. The third kappa shape index (κ3) is 2.32. The topological polar surface area (TPSA) is 112 Å². The highest BCUT2D eigenvalue weighted by molar-refractivity contribution is 5.30. The van der Waals surface area contributed by atoms with Crippen LogP contribution in [0.4, 0.5) is 11.9 Å². The Morgan fingerprint density at radius 2 is 2.54 bits per heavy atom. The summed E-state index contributed by atoms with van der Waals surface area (Å²) in [6.07, 6.45) is 0. The lowest BCUT2D eigenvalue weighted by Gasteiger charge is -2.00. The van der Waals surface area contributed by atoms with Crippen LogP contribution in [-0.4, -0.2) is 33.0 Å². The number of aliphatic hydroxyl groups is 1. The Bertz CT molecular complexity index is 326. The van der Waals surface area contributed by atoms with Crippen molar-refractivity contribution in [3.05, 3.63) is 10.4 Å². The zero-order chi connectivity index (χ0) is 9.68. The summed E-state index contributed by atoms with van der Waals surface area (Å²) in [5.41, 5.74) is 8.10. The molecule has 0 spiro atoms. The first-order valence-electron chi connectivity index (χ1n) is 3.59. The van der Waals surface area contributed by atoms with Gasteiger partial charge in [0.25, 0.3) is 0 Å². The lowest BCUT2D eigenvalue weighted by Crippen LogP contribution is -2.09. The first-order chi connectivity index (χ1) is 6.27. The van der Waals surface area contributed by atoms with Crippen molar-refractivity contribution < 1.29 is 5.11 Å². The van der Waals surface area contributed by atoms with Gasteiger partial charge in [-0.2, -0.15) is 4.98 Å². The second-order valence-corrected chi connectivity index (χ2v) is 2.20. The first kappa shape index (κ1) is 9.30. The van der Waals surface area contributed by atoms with Gasteiger partial charge in [-0.05, 0) is 10.6 Å². The van der Waals surface area contributed by atoms with Crippen molar-refractivity contribution in [2.45, 2.75) is 0 Å². The summed E-state index contributed by atoms with van der Waals surface area (Å²) in [4.78, 5) is 6.40. The van der Waals surface area contributed by atoms with Gasteiger partial charge in [-0.25, -0.2) is 4.68 Å². The van der Waals surface area contributed by atoms with Gasteiger partial charge >= 0.3 is 0 Å². The maximum Gasteiger partial charge on any atom is 0.239 e.